The molecule has 4 rings (SSSR count). The third-order valence-corrected chi connectivity index (χ3v) is 3.67. The molecule has 0 aliphatic rings. The standard InChI is InChI=1S/C17H14N4/c1-11-6-5-9-14-15(11)20-17(19-14)13-10-18-21-16(13)12-7-3-2-4-8-12/h2-10H,1H3,(H,18,21)(H,19,20). The first kappa shape index (κ1) is 11.9. The van der Waals surface area contributed by atoms with Crippen LogP contribution in [0.2, 0.25) is 0 Å². The summed E-state index contributed by atoms with van der Waals surface area (Å²) in [4.78, 5) is 8.10. The van der Waals surface area contributed by atoms with Gasteiger partial charge in [-0.05, 0) is 18.6 Å². The molecule has 0 amide bonds. The van der Waals surface area contributed by atoms with E-state index in [0.717, 1.165) is 33.7 Å². The average molecular weight is 274 g/mol. The van der Waals surface area contributed by atoms with Crippen molar-refractivity contribution in [2.75, 3.05) is 0 Å². The van der Waals surface area contributed by atoms with Gasteiger partial charge >= 0.3 is 0 Å². The predicted octanol–water partition coefficient (Wildman–Crippen LogP) is 3.93. The van der Waals surface area contributed by atoms with Gasteiger partial charge in [0.1, 0.15) is 5.82 Å². The molecule has 0 aliphatic carbocycles. The molecule has 0 unspecified atom stereocenters. The van der Waals surface area contributed by atoms with Crippen molar-refractivity contribution in [2.45, 2.75) is 6.92 Å². The Balaban J connectivity index is 1.90. The van der Waals surface area contributed by atoms with Crippen molar-refractivity contribution in [3.8, 4) is 22.6 Å². The van der Waals surface area contributed by atoms with Crippen molar-refractivity contribution in [3.05, 3.63) is 60.3 Å². The molecule has 4 nitrogen and oxygen atoms in total. The average Bonchev–Trinajstić information content (AvgIpc) is 3.15. The molecule has 0 bridgehead atoms. The number of H-pyrrole nitrogens is 2. The van der Waals surface area contributed by atoms with Gasteiger partial charge in [0.05, 0.1) is 28.5 Å². The van der Waals surface area contributed by atoms with Gasteiger partial charge in [0.2, 0.25) is 0 Å². The third kappa shape index (κ3) is 1.92. The van der Waals surface area contributed by atoms with Crippen molar-refractivity contribution in [1.29, 1.82) is 0 Å². The minimum absolute atomic E-state index is 0.840. The van der Waals surface area contributed by atoms with Crippen molar-refractivity contribution >= 4 is 11.0 Å². The lowest BCUT2D eigenvalue weighted by Crippen LogP contribution is -1.84. The number of hydrogen-bond acceptors (Lipinski definition) is 2. The Morgan fingerprint density at radius 3 is 2.62 bits per heavy atom. The number of para-hydroxylation sites is 1. The Bertz CT molecular complexity index is 903. The second-order valence-corrected chi connectivity index (χ2v) is 5.08. The van der Waals surface area contributed by atoms with E-state index in [-0.39, 0.29) is 0 Å². The minimum atomic E-state index is 0.840. The maximum atomic E-state index is 4.73. The SMILES string of the molecule is Cc1cccc2[nH]c(-c3cn[nH]c3-c3ccccc3)nc12. The Hall–Kier alpha value is -2.88. The first-order chi connectivity index (χ1) is 10.3. The highest BCUT2D eigenvalue weighted by molar-refractivity contribution is 5.85. The van der Waals surface area contributed by atoms with E-state index in [1.165, 1.54) is 5.56 Å². The molecule has 2 N–H and O–H groups in total. The second-order valence-electron chi connectivity index (χ2n) is 5.08. The van der Waals surface area contributed by atoms with Crippen LogP contribution in [0.1, 0.15) is 5.56 Å². The second kappa shape index (κ2) is 4.59. The molecule has 21 heavy (non-hydrogen) atoms. The van der Waals surface area contributed by atoms with Crippen molar-refractivity contribution in [2.24, 2.45) is 0 Å². The summed E-state index contributed by atoms with van der Waals surface area (Å²) < 4.78 is 0. The van der Waals surface area contributed by atoms with Crippen LogP contribution in [0.5, 0.6) is 0 Å². The maximum absolute atomic E-state index is 4.73. The Morgan fingerprint density at radius 1 is 0.952 bits per heavy atom. The molecule has 4 heteroatoms. The molecule has 102 valence electrons. The molecular weight excluding hydrogens is 260 g/mol. The van der Waals surface area contributed by atoms with Gasteiger partial charge in [0, 0.05) is 5.56 Å². The van der Waals surface area contributed by atoms with Gasteiger partial charge in [-0.1, -0.05) is 42.5 Å². The maximum Gasteiger partial charge on any atom is 0.142 e. The highest BCUT2D eigenvalue weighted by Gasteiger charge is 2.13. The summed E-state index contributed by atoms with van der Waals surface area (Å²) >= 11 is 0. The van der Waals surface area contributed by atoms with Crippen molar-refractivity contribution in [3.63, 3.8) is 0 Å². The number of nitrogens with zero attached hydrogens (tertiary/aromatic N) is 2. The number of fused-ring (bicyclic) bond motifs is 1. The number of rotatable bonds is 2. The number of aromatic nitrogens is 4. The zero-order chi connectivity index (χ0) is 14.2. The van der Waals surface area contributed by atoms with E-state index in [0.29, 0.717) is 0 Å². The summed E-state index contributed by atoms with van der Waals surface area (Å²) in [5.41, 5.74) is 6.28. The number of aromatic amines is 2. The summed E-state index contributed by atoms with van der Waals surface area (Å²) in [6.45, 7) is 2.07. The highest BCUT2D eigenvalue weighted by atomic mass is 15.1. The molecule has 2 heterocycles. The number of hydrogen-bond donors (Lipinski definition) is 2. The smallest absolute Gasteiger partial charge is 0.142 e. The molecule has 2 aromatic carbocycles. The summed E-state index contributed by atoms with van der Waals surface area (Å²) in [6, 6.07) is 16.3. The normalized spacial score (nSPS) is 11.1. The van der Waals surface area contributed by atoms with Crippen LogP contribution < -0.4 is 0 Å². The van der Waals surface area contributed by atoms with Gasteiger partial charge < -0.3 is 4.98 Å². The number of benzene rings is 2. The van der Waals surface area contributed by atoms with Gasteiger partial charge in [-0.3, -0.25) is 5.10 Å². The quantitative estimate of drug-likeness (QED) is 0.582. The van der Waals surface area contributed by atoms with Crippen LogP contribution >= 0.6 is 0 Å². The molecule has 0 atom stereocenters. The molecule has 4 aromatic rings. The van der Waals surface area contributed by atoms with Crippen LogP contribution in [0.25, 0.3) is 33.7 Å². The first-order valence-corrected chi connectivity index (χ1v) is 6.87. The largest absolute Gasteiger partial charge is 0.338 e. The van der Waals surface area contributed by atoms with E-state index < -0.39 is 0 Å². The molecule has 0 aliphatic heterocycles. The van der Waals surface area contributed by atoms with E-state index in [9.17, 15) is 0 Å². The van der Waals surface area contributed by atoms with Crippen molar-refractivity contribution in [1.82, 2.24) is 20.2 Å². The Morgan fingerprint density at radius 2 is 1.81 bits per heavy atom. The van der Waals surface area contributed by atoms with Crippen LogP contribution in [-0.4, -0.2) is 20.2 Å². The van der Waals surface area contributed by atoms with E-state index in [1.807, 2.05) is 36.5 Å². The lowest BCUT2D eigenvalue weighted by Gasteiger charge is -2.00. The summed E-state index contributed by atoms with van der Waals surface area (Å²) in [5.74, 6) is 0.840. The minimum Gasteiger partial charge on any atom is -0.338 e. The number of nitrogens with one attached hydrogen (secondary N) is 2. The number of aryl methyl sites for hydroxylation is 1. The molecule has 0 saturated heterocycles. The number of imidazole rings is 1. The fourth-order valence-electron chi connectivity index (χ4n) is 2.59. The van der Waals surface area contributed by atoms with E-state index in [2.05, 4.69) is 40.3 Å². The molecule has 2 aromatic heterocycles. The molecule has 0 fully saturated rings. The van der Waals surface area contributed by atoms with Gasteiger partial charge in [-0.15, -0.1) is 0 Å². The van der Waals surface area contributed by atoms with Crippen LogP contribution in [0, 0.1) is 6.92 Å². The van der Waals surface area contributed by atoms with Gasteiger partial charge in [-0.25, -0.2) is 4.98 Å². The van der Waals surface area contributed by atoms with E-state index in [1.54, 1.807) is 0 Å². The topological polar surface area (TPSA) is 57.4 Å². The van der Waals surface area contributed by atoms with Gasteiger partial charge in [0.15, 0.2) is 0 Å². The Kier molecular flexibility index (Phi) is 2.60. The van der Waals surface area contributed by atoms with Crippen LogP contribution in [-0.2, 0) is 0 Å². The zero-order valence-corrected chi connectivity index (χ0v) is 11.6. The lowest BCUT2D eigenvalue weighted by atomic mass is 10.1. The predicted molar refractivity (Wildman–Crippen MR) is 83.8 cm³/mol. The van der Waals surface area contributed by atoms with Crippen LogP contribution in [0.4, 0.5) is 0 Å². The summed E-state index contributed by atoms with van der Waals surface area (Å²) in [6.07, 6.45) is 1.81. The molecular formula is C17H14N4. The summed E-state index contributed by atoms with van der Waals surface area (Å²) in [7, 11) is 0. The zero-order valence-electron chi connectivity index (χ0n) is 11.6. The van der Waals surface area contributed by atoms with Gasteiger partial charge in [0.25, 0.3) is 0 Å². The molecule has 0 radical (unpaired) electrons. The summed E-state index contributed by atoms with van der Waals surface area (Å²) in [5, 5.41) is 7.25. The van der Waals surface area contributed by atoms with Gasteiger partial charge in [-0.2, -0.15) is 5.10 Å². The fourth-order valence-corrected chi connectivity index (χ4v) is 2.59. The van der Waals surface area contributed by atoms with E-state index >= 15 is 0 Å². The van der Waals surface area contributed by atoms with Crippen LogP contribution in [0.15, 0.2) is 54.7 Å². The molecule has 0 saturated carbocycles. The lowest BCUT2D eigenvalue weighted by molar-refractivity contribution is 1.10. The van der Waals surface area contributed by atoms with E-state index in [4.69, 9.17) is 4.98 Å². The highest BCUT2D eigenvalue weighted by Crippen LogP contribution is 2.30. The van der Waals surface area contributed by atoms with Crippen molar-refractivity contribution < 1.29 is 0 Å². The monoisotopic (exact) mass is 274 g/mol. The molecule has 0 spiro atoms. The van der Waals surface area contributed by atoms with Crippen LogP contribution in [0.3, 0.4) is 0 Å². The first-order valence-electron chi connectivity index (χ1n) is 6.87. The fraction of sp³-hybridized carbons (Fsp3) is 0.0588. The Labute approximate surface area is 121 Å². The third-order valence-electron chi connectivity index (χ3n) is 3.67.